The quantitative estimate of drug-likeness (QED) is 0.705. The van der Waals surface area contributed by atoms with Gasteiger partial charge in [-0.05, 0) is 39.5 Å². The Bertz CT molecular complexity index is 331. The third kappa shape index (κ3) is 4.49. The number of rotatable bonds is 4. The Hall–Kier alpha value is -1.10. The van der Waals surface area contributed by atoms with Crippen molar-refractivity contribution in [2.24, 2.45) is 17.6 Å². The maximum atomic E-state index is 12.2. The Balaban J connectivity index is 2.52. The zero-order valence-electron chi connectivity index (χ0n) is 12.4. The van der Waals surface area contributed by atoms with Gasteiger partial charge in [-0.25, -0.2) is 0 Å². The van der Waals surface area contributed by atoms with E-state index in [2.05, 4.69) is 10.6 Å². The first-order chi connectivity index (χ1) is 8.82. The second-order valence-corrected chi connectivity index (χ2v) is 5.95. The third-order valence-corrected chi connectivity index (χ3v) is 3.88. The lowest BCUT2D eigenvalue weighted by molar-refractivity contribution is -0.132. The topological polar surface area (TPSA) is 84.2 Å². The van der Waals surface area contributed by atoms with Crippen LogP contribution in [0.25, 0.3) is 0 Å². The van der Waals surface area contributed by atoms with Crippen LogP contribution in [0.2, 0.25) is 0 Å². The largest absolute Gasteiger partial charge is 0.352 e. The number of nitrogens with two attached hydrogens (primary N) is 1. The molecule has 1 aliphatic rings. The Morgan fingerprint density at radius 2 is 1.79 bits per heavy atom. The highest BCUT2D eigenvalue weighted by atomic mass is 16.2. The van der Waals surface area contributed by atoms with Gasteiger partial charge in [-0.1, -0.05) is 13.3 Å². The molecule has 110 valence electrons. The second-order valence-electron chi connectivity index (χ2n) is 5.95. The predicted molar refractivity (Wildman–Crippen MR) is 75.4 cm³/mol. The number of carbonyl (C=O) groups excluding carboxylic acids is 2. The molecule has 0 aromatic carbocycles. The van der Waals surface area contributed by atoms with E-state index in [-0.39, 0.29) is 35.7 Å². The molecule has 0 bridgehead atoms. The summed E-state index contributed by atoms with van der Waals surface area (Å²) in [6.45, 7) is 7.53. The van der Waals surface area contributed by atoms with Crippen LogP contribution in [0.3, 0.4) is 0 Å². The van der Waals surface area contributed by atoms with Crippen LogP contribution in [0.4, 0.5) is 0 Å². The standard InChI is InChI=1S/C14H27N3O2/c1-8(2)16-13(18)10(4)17-14(19)11-6-5-7-12(15)9(11)3/h8-12H,5-7,15H2,1-4H3,(H,16,18)(H,17,19). The molecule has 5 heteroatoms. The lowest BCUT2D eigenvalue weighted by Gasteiger charge is -2.33. The normalized spacial score (nSPS) is 28.8. The number of carbonyl (C=O) groups is 2. The molecular weight excluding hydrogens is 242 g/mol. The highest BCUT2D eigenvalue weighted by molar-refractivity contribution is 5.88. The summed E-state index contributed by atoms with van der Waals surface area (Å²) in [6.07, 6.45) is 2.82. The fourth-order valence-corrected chi connectivity index (χ4v) is 2.56. The van der Waals surface area contributed by atoms with Gasteiger partial charge in [0, 0.05) is 18.0 Å². The Labute approximate surface area is 115 Å². The maximum absolute atomic E-state index is 12.2. The van der Waals surface area contributed by atoms with E-state index in [0.717, 1.165) is 19.3 Å². The summed E-state index contributed by atoms with van der Waals surface area (Å²) in [5, 5.41) is 5.59. The molecular formula is C14H27N3O2. The Morgan fingerprint density at radius 1 is 1.16 bits per heavy atom. The summed E-state index contributed by atoms with van der Waals surface area (Å²) >= 11 is 0. The number of nitrogens with one attached hydrogen (secondary N) is 2. The van der Waals surface area contributed by atoms with Crippen LogP contribution < -0.4 is 16.4 Å². The van der Waals surface area contributed by atoms with Gasteiger partial charge >= 0.3 is 0 Å². The van der Waals surface area contributed by atoms with E-state index >= 15 is 0 Å². The van der Waals surface area contributed by atoms with E-state index in [1.807, 2.05) is 20.8 Å². The van der Waals surface area contributed by atoms with Gasteiger partial charge in [-0.15, -0.1) is 0 Å². The monoisotopic (exact) mass is 269 g/mol. The van der Waals surface area contributed by atoms with Crippen LogP contribution in [0.15, 0.2) is 0 Å². The van der Waals surface area contributed by atoms with Crippen LogP contribution in [0.5, 0.6) is 0 Å². The Morgan fingerprint density at radius 3 is 2.37 bits per heavy atom. The zero-order valence-corrected chi connectivity index (χ0v) is 12.4. The molecule has 0 heterocycles. The van der Waals surface area contributed by atoms with Gasteiger partial charge in [0.1, 0.15) is 6.04 Å². The van der Waals surface area contributed by atoms with Crippen LogP contribution in [0.1, 0.15) is 47.0 Å². The second kappa shape index (κ2) is 6.89. The Kier molecular flexibility index (Phi) is 5.79. The van der Waals surface area contributed by atoms with Gasteiger partial charge in [-0.2, -0.15) is 0 Å². The van der Waals surface area contributed by atoms with E-state index < -0.39 is 6.04 Å². The average molecular weight is 269 g/mol. The van der Waals surface area contributed by atoms with Crippen molar-refractivity contribution in [1.82, 2.24) is 10.6 Å². The smallest absolute Gasteiger partial charge is 0.242 e. The minimum atomic E-state index is -0.500. The molecule has 4 unspecified atom stereocenters. The summed E-state index contributed by atoms with van der Waals surface area (Å²) in [5.41, 5.74) is 6.00. The summed E-state index contributed by atoms with van der Waals surface area (Å²) < 4.78 is 0. The fourth-order valence-electron chi connectivity index (χ4n) is 2.56. The van der Waals surface area contributed by atoms with Crippen LogP contribution in [-0.2, 0) is 9.59 Å². The molecule has 1 fully saturated rings. The van der Waals surface area contributed by atoms with Gasteiger partial charge < -0.3 is 16.4 Å². The van der Waals surface area contributed by atoms with Gasteiger partial charge in [0.25, 0.3) is 0 Å². The molecule has 0 saturated heterocycles. The molecule has 4 atom stereocenters. The lowest BCUT2D eigenvalue weighted by atomic mass is 9.77. The maximum Gasteiger partial charge on any atom is 0.242 e. The summed E-state index contributed by atoms with van der Waals surface area (Å²) in [7, 11) is 0. The summed E-state index contributed by atoms with van der Waals surface area (Å²) in [4.78, 5) is 24.0. The van der Waals surface area contributed by atoms with Gasteiger partial charge in [-0.3, -0.25) is 9.59 Å². The average Bonchev–Trinajstić information content (AvgIpc) is 2.31. The zero-order chi connectivity index (χ0) is 14.6. The molecule has 19 heavy (non-hydrogen) atoms. The van der Waals surface area contributed by atoms with Gasteiger partial charge in [0.15, 0.2) is 0 Å². The van der Waals surface area contributed by atoms with Crippen molar-refractivity contribution in [3.05, 3.63) is 0 Å². The lowest BCUT2D eigenvalue weighted by Crippen LogP contribution is -2.51. The van der Waals surface area contributed by atoms with Crippen LogP contribution in [0, 0.1) is 11.8 Å². The van der Waals surface area contributed by atoms with Crippen molar-refractivity contribution in [3.8, 4) is 0 Å². The van der Waals surface area contributed by atoms with E-state index in [4.69, 9.17) is 5.73 Å². The van der Waals surface area contributed by atoms with Crippen LogP contribution in [-0.4, -0.2) is 29.9 Å². The molecule has 0 spiro atoms. The molecule has 2 amide bonds. The summed E-state index contributed by atoms with van der Waals surface area (Å²) in [6, 6.07) is -0.335. The van der Waals surface area contributed by atoms with Crippen molar-refractivity contribution in [1.29, 1.82) is 0 Å². The van der Waals surface area contributed by atoms with Crippen molar-refractivity contribution >= 4 is 11.8 Å². The SMILES string of the molecule is CC(C)NC(=O)C(C)NC(=O)C1CCCC(N)C1C. The van der Waals surface area contributed by atoms with Crippen molar-refractivity contribution in [2.75, 3.05) is 0 Å². The number of hydrogen-bond donors (Lipinski definition) is 3. The predicted octanol–water partition coefficient (Wildman–Crippen LogP) is 0.779. The first kappa shape index (κ1) is 16.0. The minimum absolute atomic E-state index is 0.0472. The first-order valence-electron chi connectivity index (χ1n) is 7.19. The van der Waals surface area contributed by atoms with Gasteiger partial charge in [0.05, 0.1) is 0 Å². The number of amides is 2. The van der Waals surface area contributed by atoms with E-state index in [1.54, 1.807) is 6.92 Å². The molecule has 0 aliphatic heterocycles. The van der Waals surface area contributed by atoms with Crippen molar-refractivity contribution in [2.45, 2.75) is 65.1 Å². The van der Waals surface area contributed by atoms with Crippen LogP contribution >= 0.6 is 0 Å². The van der Waals surface area contributed by atoms with Crippen molar-refractivity contribution in [3.63, 3.8) is 0 Å². The van der Waals surface area contributed by atoms with Gasteiger partial charge in [0.2, 0.25) is 11.8 Å². The molecule has 1 saturated carbocycles. The highest BCUT2D eigenvalue weighted by Gasteiger charge is 2.33. The highest BCUT2D eigenvalue weighted by Crippen LogP contribution is 2.29. The molecule has 5 nitrogen and oxygen atoms in total. The first-order valence-corrected chi connectivity index (χ1v) is 7.19. The van der Waals surface area contributed by atoms with E-state index in [1.165, 1.54) is 0 Å². The van der Waals surface area contributed by atoms with E-state index in [0.29, 0.717) is 0 Å². The molecule has 0 radical (unpaired) electrons. The fraction of sp³-hybridized carbons (Fsp3) is 0.857. The van der Waals surface area contributed by atoms with E-state index in [9.17, 15) is 9.59 Å². The molecule has 0 aromatic rings. The molecule has 1 rings (SSSR count). The third-order valence-electron chi connectivity index (χ3n) is 3.88. The number of hydrogen-bond acceptors (Lipinski definition) is 3. The molecule has 4 N–H and O–H groups in total. The molecule has 0 aromatic heterocycles. The summed E-state index contributed by atoms with van der Waals surface area (Å²) in [5.74, 6) is -0.0858. The minimum Gasteiger partial charge on any atom is -0.352 e. The molecule has 1 aliphatic carbocycles. The van der Waals surface area contributed by atoms with Crippen molar-refractivity contribution < 1.29 is 9.59 Å².